The summed E-state index contributed by atoms with van der Waals surface area (Å²) in [6.07, 6.45) is 0. The third kappa shape index (κ3) is 2.67. The van der Waals surface area contributed by atoms with E-state index in [1.54, 1.807) is 6.07 Å². The number of nitrogens with zero attached hydrogens (tertiary/aromatic N) is 1. The van der Waals surface area contributed by atoms with Crippen LogP contribution in [0.15, 0.2) is 45.0 Å². The number of sulfonamides is 1. The summed E-state index contributed by atoms with van der Waals surface area (Å²) in [4.78, 5) is 5.10. The fourth-order valence-electron chi connectivity index (χ4n) is 1.72. The Morgan fingerprint density at radius 3 is 2.75 bits per heavy atom. The zero-order chi connectivity index (χ0) is 14.2. The summed E-state index contributed by atoms with van der Waals surface area (Å²) in [5.74, 6) is 0. The minimum absolute atomic E-state index is 0.145. The van der Waals surface area contributed by atoms with Crippen molar-refractivity contribution < 1.29 is 12.8 Å². The molecule has 0 radical (unpaired) electrons. The van der Waals surface area contributed by atoms with Crippen LogP contribution in [0.3, 0.4) is 0 Å². The Labute approximate surface area is 119 Å². The Hall–Kier alpha value is -1.90. The molecule has 0 unspecified atom stereocenters. The highest BCUT2D eigenvalue weighted by molar-refractivity contribution is 7.91. The predicted molar refractivity (Wildman–Crippen MR) is 77.0 cm³/mol. The summed E-state index contributed by atoms with van der Waals surface area (Å²) < 4.78 is 28.0. The fourth-order valence-corrected chi connectivity index (χ4v) is 3.44. The molecule has 3 N–H and O–H groups in total. The Balaban J connectivity index is 1.74. The lowest BCUT2D eigenvalue weighted by Gasteiger charge is -1.97. The van der Waals surface area contributed by atoms with Gasteiger partial charge in [0.15, 0.2) is 5.58 Å². The number of hydrogen-bond donors (Lipinski definition) is 2. The number of aromatic nitrogens is 1. The molecule has 0 saturated heterocycles. The summed E-state index contributed by atoms with van der Waals surface area (Å²) in [7, 11) is -3.63. The number of para-hydroxylation sites is 2. The van der Waals surface area contributed by atoms with Gasteiger partial charge in [-0.2, -0.15) is 4.98 Å². The minimum atomic E-state index is -3.63. The van der Waals surface area contributed by atoms with Gasteiger partial charge in [0.1, 0.15) is 9.73 Å². The Kier molecular flexibility index (Phi) is 3.20. The molecule has 8 heteroatoms. The lowest BCUT2D eigenvalue weighted by Crippen LogP contribution is -2.09. The molecule has 20 heavy (non-hydrogen) atoms. The third-order valence-corrected chi connectivity index (χ3v) is 5.15. The largest absolute Gasteiger partial charge is 0.424 e. The molecule has 1 aromatic carbocycles. The normalized spacial score (nSPS) is 11.8. The number of benzene rings is 1. The summed E-state index contributed by atoms with van der Waals surface area (Å²) in [6, 6.07) is 11.0. The van der Waals surface area contributed by atoms with Gasteiger partial charge in [-0.15, -0.1) is 11.3 Å². The van der Waals surface area contributed by atoms with Gasteiger partial charge in [-0.05, 0) is 24.3 Å². The Bertz CT molecular complexity index is 819. The number of nitrogens with two attached hydrogens (primary N) is 1. The standard InChI is InChI=1S/C12H11N3O3S2/c13-20(16,17)11-6-5-8(19-11)7-14-12-15-9-3-1-2-4-10(9)18-12/h1-6H,7H2,(H,14,15)(H2,13,16,17). The lowest BCUT2D eigenvalue weighted by atomic mass is 10.3. The molecule has 0 spiro atoms. The molecule has 3 rings (SSSR count). The molecule has 104 valence electrons. The molecule has 0 aliphatic heterocycles. The van der Waals surface area contributed by atoms with Gasteiger partial charge in [0, 0.05) is 4.88 Å². The zero-order valence-electron chi connectivity index (χ0n) is 10.2. The minimum Gasteiger partial charge on any atom is -0.424 e. The van der Waals surface area contributed by atoms with E-state index in [-0.39, 0.29) is 4.21 Å². The first kappa shape index (κ1) is 13.1. The van der Waals surface area contributed by atoms with Crippen molar-refractivity contribution in [1.82, 2.24) is 4.98 Å². The van der Waals surface area contributed by atoms with Crippen molar-refractivity contribution in [2.24, 2.45) is 5.14 Å². The van der Waals surface area contributed by atoms with E-state index in [1.165, 1.54) is 6.07 Å². The second kappa shape index (κ2) is 4.89. The van der Waals surface area contributed by atoms with Crippen molar-refractivity contribution in [1.29, 1.82) is 0 Å². The van der Waals surface area contributed by atoms with E-state index in [4.69, 9.17) is 9.56 Å². The molecule has 0 amide bonds. The average molecular weight is 309 g/mol. The van der Waals surface area contributed by atoms with Crippen LogP contribution in [-0.2, 0) is 16.6 Å². The van der Waals surface area contributed by atoms with Crippen molar-refractivity contribution in [3.05, 3.63) is 41.3 Å². The maximum absolute atomic E-state index is 11.2. The van der Waals surface area contributed by atoms with Gasteiger partial charge in [0.25, 0.3) is 6.01 Å². The number of hydrogen-bond acceptors (Lipinski definition) is 6. The van der Waals surface area contributed by atoms with Gasteiger partial charge in [-0.25, -0.2) is 13.6 Å². The predicted octanol–water partition coefficient (Wildman–Crippen LogP) is 2.15. The van der Waals surface area contributed by atoms with Crippen LogP contribution in [0.4, 0.5) is 6.01 Å². The quantitative estimate of drug-likeness (QED) is 0.769. The van der Waals surface area contributed by atoms with Crippen molar-refractivity contribution in [3.63, 3.8) is 0 Å². The first-order valence-corrected chi connectivity index (χ1v) is 8.09. The number of primary sulfonamides is 1. The summed E-state index contributed by atoms with van der Waals surface area (Å²) >= 11 is 1.12. The number of thiophene rings is 1. The highest BCUT2D eigenvalue weighted by Crippen LogP contribution is 2.22. The monoisotopic (exact) mass is 309 g/mol. The van der Waals surface area contributed by atoms with Gasteiger partial charge in [0.05, 0.1) is 6.54 Å². The summed E-state index contributed by atoms with van der Waals surface area (Å²) in [6.45, 7) is 0.424. The zero-order valence-corrected chi connectivity index (χ0v) is 11.9. The molecule has 3 aromatic rings. The van der Waals surface area contributed by atoms with E-state index in [0.717, 1.165) is 21.7 Å². The Morgan fingerprint density at radius 2 is 2.05 bits per heavy atom. The highest BCUT2D eigenvalue weighted by Gasteiger charge is 2.11. The molecule has 0 aliphatic rings. The molecule has 0 bridgehead atoms. The molecule has 2 aromatic heterocycles. The SMILES string of the molecule is NS(=O)(=O)c1ccc(CNc2nc3ccccc3o2)s1. The van der Waals surface area contributed by atoms with Gasteiger partial charge in [0.2, 0.25) is 10.0 Å². The first-order valence-electron chi connectivity index (χ1n) is 5.73. The van der Waals surface area contributed by atoms with Crippen LogP contribution in [-0.4, -0.2) is 13.4 Å². The van der Waals surface area contributed by atoms with Crippen LogP contribution in [0, 0.1) is 0 Å². The van der Waals surface area contributed by atoms with Crippen LogP contribution in [0.1, 0.15) is 4.88 Å². The topological polar surface area (TPSA) is 98.2 Å². The lowest BCUT2D eigenvalue weighted by molar-refractivity contribution is 0.600. The highest BCUT2D eigenvalue weighted by atomic mass is 32.2. The second-order valence-electron chi connectivity index (χ2n) is 4.11. The number of anilines is 1. The van der Waals surface area contributed by atoms with E-state index in [1.807, 2.05) is 24.3 Å². The Morgan fingerprint density at radius 1 is 1.25 bits per heavy atom. The van der Waals surface area contributed by atoms with Crippen LogP contribution in [0.5, 0.6) is 0 Å². The van der Waals surface area contributed by atoms with E-state index in [0.29, 0.717) is 18.1 Å². The maximum atomic E-state index is 11.2. The van der Waals surface area contributed by atoms with E-state index in [2.05, 4.69) is 10.3 Å². The van der Waals surface area contributed by atoms with Gasteiger partial charge >= 0.3 is 0 Å². The average Bonchev–Trinajstić information content (AvgIpc) is 3.02. The molecule has 0 saturated carbocycles. The molecule has 0 fully saturated rings. The van der Waals surface area contributed by atoms with Crippen molar-refractivity contribution in [3.8, 4) is 0 Å². The molecule has 0 aliphatic carbocycles. The van der Waals surface area contributed by atoms with Crippen molar-refractivity contribution in [2.75, 3.05) is 5.32 Å². The van der Waals surface area contributed by atoms with Gasteiger partial charge in [-0.1, -0.05) is 12.1 Å². The molecule has 2 heterocycles. The second-order valence-corrected chi connectivity index (χ2v) is 7.06. The van der Waals surface area contributed by atoms with Crippen LogP contribution in [0.25, 0.3) is 11.1 Å². The summed E-state index contributed by atoms with van der Waals surface area (Å²) in [5, 5.41) is 8.07. The molecular formula is C12H11N3O3S2. The van der Waals surface area contributed by atoms with Gasteiger partial charge < -0.3 is 9.73 Å². The first-order chi connectivity index (χ1) is 9.52. The van der Waals surface area contributed by atoms with Crippen LogP contribution < -0.4 is 10.5 Å². The molecule has 0 atom stereocenters. The number of rotatable bonds is 4. The van der Waals surface area contributed by atoms with E-state index >= 15 is 0 Å². The van der Waals surface area contributed by atoms with Crippen LogP contribution >= 0.6 is 11.3 Å². The van der Waals surface area contributed by atoms with Crippen molar-refractivity contribution >= 4 is 38.5 Å². The third-order valence-electron chi connectivity index (χ3n) is 2.63. The number of fused-ring (bicyclic) bond motifs is 1. The molecular weight excluding hydrogens is 298 g/mol. The fraction of sp³-hybridized carbons (Fsp3) is 0.0833. The van der Waals surface area contributed by atoms with Gasteiger partial charge in [-0.3, -0.25) is 0 Å². The van der Waals surface area contributed by atoms with E-state index in [9.17, 15) is 8.42 Å². The molecule has 6 nitrogen and oxygen atoms in total. The van der Waals surface area contributed by atoms with Crippen molar-refractivity contribution in [2.45, 2.75) is 10.8 Å². The summed E-state index contributed by atoms with van der Waals surface area (Å²) in [5.41, 5.74) is 1.47. The van der Waals surface area contributed by atoms with E-state index < -0.39 is 10.0 Å². The van der Waals surface area contributed by atoms with Crippen LogP contribution in [0.2, 0.25) is 0 Å². The maximum Gasteiger partial charge on any atom is 0.295 e. The number of oxazole rings is 1. The smallest absolute Gasteiger partial charge is 0.295 e. The number of nitrogens with one attached hydrogen (secondary N) is 1.